The molecular formula is C25H23N3O3. The topological polar surface area (TPSA) is 65.4 Å². The van der Waals surface area contributed by atoms with E-state index in [-0.39, 0.29) is 5.75 Å². The molecule has 0 atom stereocenters. The Labute approximate surface area is 180 Å². The van der Waals surface area contributed by atoms with Gasteiger partial charge >= 0.3 is 5.56 Å². The molecule has 1 heterocycles. The zero-order chi connectivity index (χ0) is 21.6. The van der Waals surface area contributed by atoms with Crippen LogP contribution in [0.4, 0.5) is 11.6 Å². The summed E-state index contributed by atoms with van der Waals surface area (Å²) in [5, 5.41) is 3.30. The fourth-order valence-electron chi connectivity index (χ4n) is 3.21. The van der Waals surface area contributed by atoms with Crippen molar-refractivity contribution in [2.75, 3.05) is 12.4 Å². The maximum Gasteiger partial charge on any atom is 0.316 e. The lowest BCUT2D eigenvalue weighted by Crippen LogP contribution is -2.19. The highest BCUT2D eigenvalue weighted by molar-refractivity contribution is 5.63. The molecule has 4 aromatic rings. The van der Waals surface area contributed by atoms with Crippen molar-refractivity contribution in [2.45, 2.75) is 13.5 Å². The maximum atomic E-state index is 12.3. The van der Waals surface area contributed by atoms with Crippen LogP contribution in [-0.2, 0) is 6.54 Å². The highest BCUT2D eigenvalue weighted by Gasteiger charge is 2.13. The van der Waals surface area contributed by atoms with Crippen LogP contribution in [0.3, 0.4) is 0 Å². The van der Waals surface area contributed by atoms with Crippen molar-refractivity contribution in [1.29, 1.82) is 0 Å². The minimum atomic E-state index is -0.427. The average Bonchev–Trinajstić information content (AvgIpc) is 2.79. The molecule has 0 spiro atoms. The van der Waals surface area contributed by atoms with Gasteiger partial charge in [-0.05, 0) is 36.8 Å². The summed E-state index contributed by atoms with van der Waals surface area (Å²) >= 11 is 0. The summed E-state index contributed by atoms with van der Waals surface area (Å²) < 4.78 is 13.1. The molecule has 0 aliphatic carbocycles. The summed E-state index contributed by atoms with van der Waals surface area (Å²) in [5.74, 6) is 2.10. The molecule has 0 unspecified atom stereocenters. The van der Waals surface area contributed by atoms with Gasteiger partial charge < -0.3 is 19.4 Å². The predicted octanol–water partition coefficient (Wildman–Crippen LogP) is 5.14. The lowest BCUT2D eigenvalue weighted by molar-refractivity contribution is 0.402. The second-order valence-electron chi connectivity index (χ2n) is 7.02. The van der Waals surface area contributed by atoms with E-state index in [9.17, 15) is 4.79 Å². The van der Waals surface area contributed by atoms with Crippen LogP contribution in [0.25, 0.3) is 0 Å². The monoisotopic (exact) mass is 413 g/mol. The van der Waals surface area contributed by atoms with Gasteiger partial charge in [0, 0.05) is 11.3 Å². The molecule has 1 N–H and O–H groups in total. The second kappa shape index (κ2) is 9.17. The summed E-state index contributed by atoms with van der Waals surface area (Å²) in [5.41, 5.74) is 2.36. The number of methoxy groups -OCH3 is 1. The summed E-state index contributed by atoms with van der Waals surface area (Å²) in [7, 11) is 1.47. The molecule has 3 aromatic carbocycles. The normalized spacial score (nSPS) is 10.5. The fourth-order valence-corrected chi connectivity index (χ4v) is 3.21. The summed E-state index contributed by atoms with van der Waals surface area (Å²) in [4.78, 5) is 16.6. The molecule has 0 amide bonds. The van der Waals surface area contributed by atoms with E-state index < -0.39 is 5.56 Å². The zero-order valence-electron chi connectivity index (χ0n) is 17.4. The Balaban J connectivity index is 1.68. The first-order valence-electron chi connectivity index (χ1n) is 9.93. The van der Waals surface area contributed by atoms with Gasteiger partial charge in [0.2, 0.25) is 11.7 Å². The third-order valence-electron chi connectivity index (χ3n) is 4.88. The van der Waals surface area contributed by atoms with Crippen LogP contribution in [0, 0.1) is 6.92 Å². The molecule has 0 saturated heterocycles. The molecule has 0 bridgehead atoms. The van der Waals surface area contributed by atoms with Gasteiger partial charge in [-0.15, -0.1) is 0 Å². The lowest BCUT2D eigenvalue weighted by Gasteiger charge is -2.17. The van der Waals surface area contributed by atoms with Crippen LogP contribution in [-0.4, -0.2) is 16.7 Å². The number of nitrogens with one attached hydrogen (secondary N) is 1. The van der Waals surface area contributed by atoms with Crippen molar-refractivity contribution >= 4 is 11.6 Å². The Morgan fingerprint density at radius 1 is 0.903 bits per heavy atom. The smallest absolute Gasteiger partial charge is 0.316 e. The van der Waals surface area contributed by atoms with Crippen molar-refractivity contribution < 1.29 is 9.47 Å². The zero-order valence-corrected chi connectivity index (χ0v) is 17.4. The Hall–Kier alpha value is -4.06. The first kappa shape index (κ1) is 20.2. The quantitative estimate of drug-likeness (QED) is 0.454. The summed E-state index contributed by atoms with van der Waals surface area (Å²) in [6, 6.07) is 25.3. The first-order chi connectivity index (χ1) is 15.1. The van der Waals surface area contributed by atoms with Gasteiger partial charge in [-0.25, -0.2) is 0 Å². The molecule has 0 radical (unpaired) electrons. The molecule has 1 aromatic heterocycles. The minimum Gasteiger partial charge on any atom is -0.490 e. The standard InChI is InChI=1S/C25H23N3O3/c1-18-21(14-9-15-22(18)31-20-12-7-4-8-13-20)26-25-27-24(29)23(30-2)17-28(25)16-19-10-5-3-6-11-19/h3-15,17H,16H2,1-2H3,(H,26,27,29). The average molecular weight is 413 g/mol. The number of ether oxygens (including phenoxy) is 2. The Bertz CT molecular complexity index is 1220. The highest BCUT2D eigenvalue weighted by atomic mass is 16.5. The molecular weight excluding hydrogens is 390 g/mol. The van der Waals surface area contributed by atoms with E-state index in [1.807, 2.05) is 90.4 Å². The van der Waals surface area contributed by atoms with E-state index in [0.717, 1.165) is 28.3 Å². The van der Waals surface area contributed by atoms with Gasteiger partial charge in [-0.2, -0.15) is 4.98 Å². The summed E-state index contributed by atoms with van der Waals surface area (Å²) in [6.45, 7) is 2.50. The van der Waals surface area contributed by atoms with Crippen molar-refractivity contribution in [2.24, 2.45) is 0 Å². The van der Waals surface area contributed by atoms with Crippen LogP contribution in [0.1, 0.15) is 11.1 Å². The molecule has 0 aliphatic rings. The van der Waals surface area contributed by atoms with Crippen molar-refractivity contribution in [3.63, 3.8) is 0 Å². The number of aromatic nitrogens is 2. The lowest BCUT2D eigenvalue weighted by atomic mass is 10.2. The Morgan fingerprint density at radius 2 is 1.61 bits per heavy atom. The number of benzene rings is 3. The van der Waals surface area contributed by atoms with Gasteiger partial charge in [0.05, 0.1) is 19.9 Å². The van der Waals surface area contributed by atoms with Crippen LogP contribution in [0.15, 0.2) is 89.9 Å². The molecule has 156 valence electrons. The third kappa shape index (κ3) is 4.75. The fraction of sp³-hybridized carbons (Fsp3) is 0.120. The number of hydrogen-bond acceptors (Lipinski definition) is 5. The van der Waals surface area contributed by atoms with Crippen molar-refractivity contribution in [3.05, 3.63) is 107 Å². The largest absolute Gasteiger partial charge is 0.490 e. The van der Waals surface area contributed by atoms with Crippen LogP contribution in [0.2, 0.25) is 0 Å². The number of rotatable bonds is 7. The molecule has 6 nitrogen and oxygen atoms in total. The van der Waals surface area contributed by atoms with E-state index >= 15 is 0 Å². The number of anilines is 2. The molecule has 0 saturated carbocycles. The minimum absolute atomic E-state index is 0.194. The van der Waals surface area contributed by atoms with E-state index in [1.54, 1.807) is 6.20 Å². The van der Waals surface area contributed by atoms with E-state index in [1.165, 1.54) is 7.11 Å². The number of hydrogen-bond donors (Lipinski definition) is 1. The molecule has 6 heteroatoms. The van der Waals surface area contributed by atoms with E-state index in [2.05, 4.69) is 10.3 Å². The van der Waals surface area contributed by atoms with Gasteiger partial charge in [0.25, 0.3) is 0 Å². The maximum absolute atomic E-state index is 12.3. The van der Waals surface area contributed by atoms with Gasteiger partial charge in [-0.3, -0.25) is 4.79 Å². The van der Waals surface area contributed by atoms with Gasteiger partial charge in [0.15, 0.2) is 0 Å². The SMILES string of the molecule is COc1cn(Cc2ccccc2)c(Nc2cccc(Oc3ccccc3)c2C)nc1=O. The van der Waals surface area contributed by atoms with Crippen LogP contribution < -0.4 is 20.3 Å². The Kier molecular flexibility index (Phi) is 5.98. The summed E-state index contributed by atoms with van der Waals surface area (Å²) in [6.07, 6.45) is 1.67. The Morgan fingerprint density at radius 3 is 2.32 bits per heavy atom. The predicted molar refractivity (Wildman–Crippen MR) is 122 cm³/mol. The van der Waals surface area contributed by atoms with Crippen LogP contribution in [0.5, 0.6) is 17.2 Å². The molecule has 0 fully saturated rings. The number of para-hydroxylation sites is 1. The molecule has 4 rings (SSSR count). The molecule has 31 heavy (non-hydrogen) atoms. The van der Waals surface area contributed by atoms with Crippen molar-refractivity contribution in [3.8, 4) is 17.2 Å². The second-order valence-corrected chi connectivity index (χ2v) is 7.02. The first-order valence-corrected chi connectivity index (χ1v) is 9.93. The highest BCUT2D eigenvalue weighted by Crippen LogP contribution is 2.31. The molecule has 0 aliphatic heterocycles. The van der Waals surface area contributed by atoms with Crippen LogP contribution >= 0.6 is 0 Å². The van der Waals surface area contributed by atoms with E-state index in [4.69, 9.17) is 9.47 Å². The van der Waals surface area contributed by atoms with Crippen molar-refractivity contribution in [1.82, 2.24) is 9.55 Å². The van der Waals surface area contributed by atoms with Gasteiger partial charge in [-0.1, -0.05) is 54.6 Å². The number of nitrogens with zero attached hydrogens (tertiary/aromatic N) is 2. The third-order valence-corrected chi connectivity index (χ3v) is 4.88. The van der Waals surface area contributed by atoms with Gasteiger partial charge in [0.1, 0.15) is 11.5 Å². The van der Waals surface area contributed by atoms with E-state index in [0.29, 0.717) is 12.5 Å².